The Morgan fingerprint density at radius 1 is 1.20 bits per heavy atom. The lowest BCUT2D eigenvalue weighted by atomic mass is 9.75. The summed E-state index contributed by atoms with van der Waals surface area (Å²) in [7, 11) is 0. The van der Waals surface area contributed by atoms with Crippen molar-refractivity contribution in [1.29, 1.82) is 0 Å². The molecule has 0 heteroatoms. The van der Waals surface area contributed by atoms with Gasteiger partial charge in [-0.3, -0.25) is 0 Å². The molecule has 0 amide bonds. The molecule has 1 aliphatic rings. The third kappa shape index (κ3) is 1.74. The van der Waals surface area contributed by atoms with Gasteiger partial charge in [0.15, 0.2) is 0 Å². The van der Waals surface area contributed by atoms with Crippen LogP contribution in [-0.2, 0) is 0 Å². The SMILES string of the molecule is [CH2]C1CCCCC1C(C)C. The van der Waals surface area contributed by atoms with Crippen LogP contribution in [0.1, 0.15) is 39.5 Å². The second-order valence-electron chi connectivity index (χ2n) is 3.95. The molecule has 0 aliphatic heterocycles. The van der Waals surface area contributed by atoms with Crippen LogP contribution in [-0.4, -0.2) is 0 Å². The van der Waals surface area contributed by atoms with Crippen LogP contribution >= 0.6 is 0 Å². The summed E-state index contributed by atoms with van der Waals surface area (Å²) in [5.41, 5.74) is 0. The maximum absolute atomic E-state index is 4.20. The van der Waals surface area contributed by atoms with E-state index in [9.17, 15) is 0 Å². The topological polar surface area (TPSA) is 0 Å². The smallest absolute Gasteiger partial charge is 0.0363 e. The van der Waals surface area contributed by atoms with Crippen LogP contribution in [0.15, 0.2) is 0 Å². The first-order valence-corrected chi connectivity index (χ1v) is 4.55. The van der Waals surface area contributed by atoms with Crippen LogP contribution in [0.4, 0.5) is 0 Å². The monoisotopic (exact) mass is 139 g/mol. The van der Waals surface area contributed by atoms with E-state index in [1.165, 1.54) is 25.7 Å². The lowest BCUT2D eigenvalue weighted by molar-refractivity contribution is 0.216. The zero-order chi connectivity index (χ0) is 7.56. The first-order valence-electron chi connectivity index (χ1n) is 4.55. The minimum absolute atomic E-state index is 0.744. The van der Waals surface area contributed by atoms with Crippen LogP contribution in [0, 0.1) is 24.7 Å². The van der Waals surface area contributed by atoms with Gasteiger partial charge >= 0.3 is 0 Å². The largest absolute Gasteiger partial charge is 0.0625 e. The van der Waals surface area contributed by atoms with Gasteiger partial charge in [0.1, 0.15) is 0 Å². The van der Waals surface area contributed by atoms with Gasteiger partial charge in [-0.1, -0.05) is 33.1 Å². The van der Waals surface area contributed by atoms with Gasteiger partial charge in [0, 0.05) is 0 Å². The van der Waals surface area contributed by atoms with E-state index in [4.69, 9.17) is 0 Å². The predicted molar refractivity (Wildman–Crippen MR) is 45.6 cm³/mol. The highest BCUT2D eigenvalue weighted by atomic mass is 14.3. The fourth-order valence-electron chi connectivity index (χ4n) is 2.11. The minimum atomic E-state index is 0.744. The van der Waals surface area contributed by atoms with Gasteiger partial charge in [0.05, 0.1) is 0 Å². The molecule has 10 heavy (non-hydrogen) atoms. The average molecular weight is 139 g/mol. The number of hydrogen-bond donors (Lipinski definition) is 0. The molecule has 59 valence electrons. The fourth-order valence-corrected chi connectivity index (χ4v) is 2.11. The highest BCUT2D eigenvalue weighted by Gasteiger charge is 2.23. The molecule has 0 N–H and O–H groups in total. The van der Waals surface area contributed by atoms with E-state index in [-0.39, 0.29) is 0 Å². The predicted octanol–water partition coefficient (Wildman–Crippen LogP) is 3.28. The van der Waals surface area contributed by atoms with E-state index < -0.39 is 0 Å². The molecule has 0 aromatic carbocycles. The molecule has 1 aliphatic carbocycles. The zero-order valence-electron chi connectivity index (χ0n) is 7.27. The Morgan fingerprint density at radius 3 is 2.20 bits per heavy atom. The summed E-state index contributed by atoms with van der Waals surface area (Å²) in [5.74, 6) is 2.50. The Balaban J connectivity index is 2.40. The third-order valence-corrected chi connectivity index (χ3v) is 2.82. The summed E-state index contributed by atoms with van der Waals surface area (Å²) in [6.45, 7) is 8.86. The molecular weight excluding hydrogens is 120 g/mol. The summed E-state index contributed by atoms with van der Waals surface area (Å²) < 4.78 is 0. The van der Waals surface area contributed by atoms with Crippen molar-refractivity contribution in [3.05, 3.63) is 6.92 Å². The minimum Gasteiger partial charge on any atom is -0.0625 e. The molecule has 2 unspecified atom stereocenters. The van der Waals surface area contributed by atoms with Gasteiger partial charge in [-0.05, 0) is 31.1 Å². The summed E-state index contributed by atoms with van der Waals surface area (Å²) >= 11 is 0. The van der Waals surface area contributed by atoms with Crippen LogP contribution in [0.25, 0.3) is 0 Å². The molecule has 0 bridgehead atoms. The van der Waals surface area contributed by atoms with Crippen LogP contribution in [0.5, 0.6) is 0 Å². The number of rotatable bonds is 1. The van der Waals surface area contributed by atoms with Gasteiger partial charge in [0.2, 0.25) is 0 Å². The van der Waals surface area contributed by atoms with Crippen molar-refractivity contribution < 1.29 is 0 Å². The molecule has 1 fully saturated rings. The second-order valence-corrected chi connectivity index (χ2v) is 3.95. The first-order chi connectivity index (χ1) is 4.72. The van der Waals surface area contributed by atoms with E-state index in [1.54, 1.807) is 0 Å². The highest BCUT2D eigenvalue weighted by Crippen LogP contribution is 2.33. The van der Waals surface area contributed by atoms with Crippen molar-refractivity contribution in [1.82, 2.24) is 0 Å². The summed E-state index contributed by atoms with van der Waals surface area (Å²) in [5, 5.41) is 0. The van der Waals surface area contributed by atoms with Crippen molar-refractivity contribution in [2.24, 2.45) is 17.8 Å². The standard InChI is InChI=1S/C10H19/c1-8(2)10-7-5-4-6-9(10)3/h8-10H,3-7H2,1-2H3. The van der Waals surface area contributed by atoms with Crippen LogP contribution in [0.2, 0.25) is 0 Å². The molecular formula is C10H19. The Kier molecular flexibility index (Phi) is 2.76. The van der Waals surface area contributed by atoms with Crippen molar-refractivity contribution >= 4 is 0 Å². The van der Waals surface area contributed by atoms with Gasteiger partial charge < -0.3 is 0 Å². The van der Waals surface area contributed by atoms with Crippen LogP contribution in [0.3, 0.4) is 0 Å². The maximum Gasteiger partial charge on any atom is -0.0363 e. The molecule has 1 saturated carbocycles. The Morgan fingerprint density at radius 2 is 1.80 bits per heavy atom. The molecule has 0 aromatic rings. The van der Waals surface area contributed by atoms with Gasteiger partial charge in [-0.25, -0.2) is 0 Å². The molecule has 2 atom stereocenters. The summed E-state index contributed by atoms with van der Waals surface area (Å²) in [6, 6.07) is 0. The van der Waals surface area contributed by atoms with E-state index in [0.29, 0.717) is 0 Å². The molecule has 1 radical (unpaired) electrons. The quantitative estimate of drug-likeness (QED) is 0.523. The number of hydrogen-bond acceptors (Lipinski definition) is 0. The maximum atomic E-state index is 4.20. The fraction of sp³-hybridized carbons (Fsp3) is 0.900. The second kappa shape index (κ2) is 3.41. The molecule has 0 heterocycles. The third-order valence-electron chi connectivity index (χ3n) is 2.82. The summed E-state index contributed by atoms with van der Waals surface area (Å²) in [4.78, 5) is 0. The average Bonchev–Trinajstić information content (AvgIpc) is 1.88. The highest BCUT2D eigenvalue weighted by molar-refractivity contribution is 4.78. The van der Waals surface area contributed by atoms with Gasteiger partial charge in [0.25, 0.3) is 0 Å². The lowest BCUT2D eigenvalue weighted by Crippen LogP contribution is -2.21. The van der Waals surface area contributed by atoms with Crippen molar-refractivity contribution in [2.75, 3.05) is 0 Å². The molecule has 0 aromatic heterocycles. The van der Waals surface area contributed by atoms with Gasteiger partial charge in [-0.2, -0.15) is 0 Å². The van der Waals surface area contributed by atoms with Crippen molar-refractivity contribution in [2.45, 2.75) is 39.5 Å². The van der Waals surface area contributed by atoms with E-state index in [2.05, 4.69) is 20.8 Å². The lowest BCUT2D eigenvalue weighted by Gasteiger charge is -2.31. The van der Waals surface area contributed by atoms with Crippen LogP contribution < -0.4 is 0 Å². The zero-order valence-corrected chi connectivity index (χ0v) is 7.27. The Hall–Kier alpha value is 0. The Labute approximate surface area is 65.0 Å². The van der Waals surface area contributed by atoms with Crippen molar-refractivity contribution in [3.8, 4) is 0 Å². The normalized spacial score (nSPS) is 34.8. The summed E-state index contributed by atoms with van der Waals surface area (Å²) in [6.07, 6.45) is 5.64. The van der Waals surface area contributed by atoms with E-state index >= 15 is 0 Å². The molecule has 0 nitrogen and oxygen atoms in total. The van der Waals surface area contributed by atoms with E-state index in [0.717, 1.165) is 17.8 Å². The van der Waals surface area contributed by atoms with Gasteiger partial charge in [-0.15, -0.1) is 0 Å². The van der Waals surface area contributed by atoms with E-state index in [1.807, 2.05) is 0 Å². The van der Waals surface area contributed by atoms with Crippen molar-refractivity contribution in [3.63, 3.8) is 0 Å². The molecule has 0 spiro atoms. The Bertz CT molecular complexity index is 94.2. The molecule has 0 saturated heterocycles. The first kappa shape index (κ1) is 8.10. The molecule has 1 rings (SSSR count).